The van der Waals surface area contributed by atoms with Crippen LogP contribution in [0.4, 0.5) is 0 Å². The molecular formula is C19H24N2O3. The van der Waals surface area contributed by atoms with E-state index in [1.54, 1.807) is 7.05 Å². The molecule has 0 saturated heterocycles. The van der Waals surface area contributed by atoms with Crippen LogP contribution < -0.4 is 0 Å². The summed E-state index contributed by atoms with van der Waals surface area (Å²) in [6, 6.07) is 12.1. The summed E-state index contributed by atoms with van der Waals surface area (Å²) in [6.45, 7) is 6.23. The maximum Gasteiger partial charge on any atom is 0.305 e. The number of aryl methyl sites for hydroxylation is 1. The Labute approximate surface area is 142 Å². The molecule has 5 heteroatoms. The maximum absolute atomic E-state index is 12.6. The lowest BCUT2D eigenvalue weighted by atomic mass is 10.1. The van der Waals surface area contributed by atoms with Crippen LogP contribution in [0.15, 0.2) is 36.4 Å². The molecule has 1 aromatic carbocycles. The van der Waals surface area contributed by atoms with Crippen molar-refractivity contribution in [2.24, 2.45) is 0 Å². The molecule has 5 nitrogen and oxygen atoms in total. The Morgan fingerprint density at radius 1 is 1.21 bits per heavy atom. The van der Waals surface area contributed by atoms with E-state index >= 15 is 0 Å². The molecule has 24 heavy (non-hydrogen) atoms. The number of carboxylic acid groups (broad SMARTS) is 1. The lowest BCUT2D eigenvalue weighted by Gasteiger charge is -2.20. The molecule has 0 aliphatic heterocycles. The fourth-order valence-corrected chi connectivity index (χ4v) is 3.04. The van der Waals surface area contributed by atoms with Crippen LogP contribution in [0.1, 0.15) is 46.7 Å². The van der Waals surface area contributed by atoms with Gasteiger partial charge in [-0.2, -0.15) is 0 Å². The third-order valence-electron chi connectivity index (χ3n) is 4.39. The van der Waals surface area contributed by atoms with E-state index in [-0.39, 0.29) is 24.9 Å². The number of hydrogen-bond donors (Lipinski definition) is 1. The van der Waals surface area contributed by atoms with Crippen LogP contribution in [0.5, 0.6) is 0 Å². The first-order valence-corrected chi connectivity index (χ1v) is 8.03. The van der Waals surface area contributed by atoms with Crippen molar-refractivity contribution in [3.63, 3.8) is 0 Å². The van der Waals surface area contributed by atoms with E-state index in [1.807, 2.05) is 38.1 Å². The highest BCUT2D eigenvalue weighted by Gasteiger charge is 2.22. The molecule has 0 bridgehead atoms. The number of aromatic nitrogens is 1. The van der Waals surface area contributed by atoms with Crippen LogP contribution in [0, 0.1) is 13.8 Å². The Balaban J connectivity index is 2.28. The van der Waals surface area contributed by atoms with Gasteiger partial charge in [-0.1, -0.05) is 30.3 Å². The van der Waals surface area contributed by atoms with Gasteiger partial charge in [-0.15, -0.1) is 0 Å². The first kappa shape index (κ1) is 17.8. The minimum atomic E-state index is -0.905. The Bertz CT molecular complexity index is 735. The summed E-state index contributed by atoms with van der Waals surface area (Å²) < 4.78 is 2.15. The Hall–Kier alpha value is -2.56. The molecule has 0 fully saturated rings. The van der Waals surface area contributed by atoms with E-state index in [2.05, 4.69) is 23.6 Å². The van der Waals surface area contributed by atoms with E-state index in [4.69, 9.17) is 5.11 Å². The fourth-order valence-electron chi connectivity index (χ4n) is 3.04. The maximum atomic E-state index is 12.6. The molecule has 0 aliphatic carbocycles. The van der Waals surface area contributed by atoms with Crippen LogP contribution in [-0.4, -0.2) is 40.0 Å². The van der Waals surface area contributed by atoms with E-state index in [0.29, 0.717) is 5.56 Å². The van der Waals surface area contributed by atoms with Gasteiger partial charge in [-0.25, -0.2) is 0 Å². The highest BCUT2D eigenvalue weighted by molar-refractivity contribution is 5.95. The van der Waals surface area contributed by atoms with Crippen molar-refractivity contribution >= 4 is 11.9 Å². The second-order valence-electron chi connectivity index (χ2n) is 6.11. The van der Waals surface area contributed by atoms with Crippen molar-refractivity contribution in [2.75, 3.05) is 13.6 Å². The van der Waals surface area contributed by atoms with E-state index in [9.17, 15) is 9.59 Å². The van der Waals surface area contributed by atoms with Gasteiger partial charge in [0.2, 0.25) is 0 Å². The first-order valence-electron chi connectivity index (χ1n) is 8.03. The van der Waals surface area contributed by atoms with Gasteiger partial charge >= 0.3 is 5.97 Å². The molecule has 1 N–H and O–H groups in total. The Morgan fingerprint density at radius 2 is 1.83 bits per heavy atom. The number of carbonyl (C=O) groups excluding carboxylic acids is 1. The predicted molar refractivity (Wildman–Crippen MR) is 93.4 cm³/mol. The zero-order valence-corrected chi connectivity index (χ0v) is 14.6. The van der Waals surface area contributed by atoms with Crippen LogP contribution in [0.3, 0.4) is 0 Å². The summed E-state index contributed by atoms with van der Waals surface area (Å²) in [5.41, 5.74) is 3.72. The molecule has 0 spiro atoms. The second kappa shape index (κ2) is 7.34. The topological polar surface area (TPSA) is 62.5 Å². The third-order valence-corrected chi connectivity index (χ3v) is 4.39. The average Bonchev–Trinajstić information content (AvgIpc) is 2.86. The van der Waals surface area contributed by atoms with Gasteiger partial charge < -0.3 is 14.6 Å². The number of benzene rings is 1. The summed E-state index contributed by atoms with van der Waals surface area (Å²) in [5, 5.41) is 8.77. The quantitative estimate of drug-likeness (QED) is 0.885. The van der Waals surface area contributed by atoms with E-state index in [0.717, 1.165) is 11.4 Å². The number of hydrogen-bond acceptors (Lipinski definition) is 2. The number of carbonyl (C=O) groups is 2. The molecule has 2 aromatic rings. The molecule has 0 saturated carbocycles. The molecule has 128 valence electrons. The number of carboxylic acids is 1. The SMILES string of the molecule is Cc1cc(C(=O)N(C)CCC(=O)O)c(C)n1C(C)c1ccccc1. The average molecular weight is 328 g/mol. The molecule has 1 aromatic heterocycles. The molecule has 0 radical (unpaired) electrons. The summed E-state index contributed by atoms with van der Waals surface area (Å²) in [5.74, 6) is -1.05. The fraction of sp³-hybridized carbons (Fsp3) is 0.368. The molecule has 1 amide bonds. The van der Waals surface area contributed by atoms with Crippen LogP contribution in [-0.2, 0) is 4.79 Å². The van der Waals surface area contributed by atoms with E-state index in [1.165, 1.54) is 10.5 Å². The predicted octanol–water partition coefficient (Wildman–Crippen LogP) is 3.26. The van der Waals surface area contributed by atoms with Gasteiger partial charge in [-0.3, -0.25) is 9.59 Å². The van der Waals surface area contributed by atoms with Gasteiger partial charge in [0, 0.05) is 25.0 Å². The smallest absolute Gasteiger partial charge is 0.305 e. The summed E-state index contributed by atoms with van der Waals surface area (Å²) >= 11 is 0. The zero-order valence-electron chi connectivity index (χ0n) is 14.6. The Kier molecular flexibility index (Phi) is 5.44. The minimum Gasteiger partial charge on any atom is -0.481 e. The van der Waals surface area contributed by atoms with Crippen molar-refractivity contribution in [3.8, 4) is 0 Å². The largest absolute Gasteiger partial charge is 0.481 e. The zero-order chi connectivity index (χ0) is 17.9. The van der Waals surface area contributed by atoms with Crippen molar-refractivity contribution in [2.45, 2.75) is 33.2 Å². The third kappa shape index (κ3) is 3.67. The van der Waals surface area contributed by atoms with Crippen molar-refractivity contribution in [1.29, 1.82) is 0 Å². The number of amides is 1. The summed E-state index contributed by atoms with van der Waals surface area (Å²) in [4.78, 5) is 24.8. The monoisotopic (exact) mass is 328 g/mol. The molecular weight excluding hydrogens is 304 g/mol. The molecule has 0 aliphatic rings. The highest BCUT2D eigenvalue weighted by Crippen LogP contribution is 2.26. The van der Waals surface area contributed by atoms with Crippen LogP contribution in [0.25, 0.3) is 0 Å². The van der Waals surface area contributed by atoms with Gasteiger partial charge in [0.05, 0.1) is 18.0 Å². The Morgan fingerprint density at radius 3 is 2.42 bits per heavy atom. The van der Waals surface area contributed by atoms with Crippen molar-refractivity contribution in [3.05, 3.63) is 58.9 Å². The van der Waals surface area contributed by atoms with Gasteiger partial charge in [0.1, 0.15) is 0 Å². The molecule has 1 heterocycles. The second-order valence-corrected chi connectivity index (χ2v) is 6.11. The first-order chi connectivity index (χ1) is 11.3. The van der Waals surface area contributed by atoms with Crippen molar-refractivity contribution in [1.82, 2.24) is 9.47 Å². The lowest BCUT2D eigenvalue weighted by Crippen LogP contribution is -2.29. The van der Waals surface area contributed by atoms with Gasteiger partial charge in [-0.05, 0) is 32.4 Å². The normalized spacial score (nSPS) is 12.0. The van der Waals surface area contributed by atoms with Gasteiger partial charge in [0.25, 0.3) is 5.91 Å². The number of aliphatic carboxylic acids is 1. The summed E-state index contributed by atoms with van der Waals surface area (Å²) in [6.07, 6.45) is -0.0542. The summed E-state index contributed by atoms with van der Waals surface area (Å²) in [7, 11) is 1.64. The van der Waals surface area contributed by atoms with Crippen LogP contribution in [0.2, 0.25) is 0 Å². The minimum absolute atomic E-state index is 0.0542. The highest BCUT2D eigenvalue weighted by atomic mass is 16.4. The van der Waals surface area contributed by atoms with E-state index < -0.39 is 5.97 Å². The number of rotatable bonds is 6. The van der Waals surface area contributed by atoms with Crippen molar-refractivity contribution < 1.29 is 14.7 Å². The molecule has 2 rings (SSSR count). The standard InChI is InChI=1S/C19H24N2O3/c1-13-12-17(19(24)20(4)11-10-18(22)23)15(3)21(13)14(2)16-8-6-5-7-9-16/h5-9,12,14H,10-11H2,1-4H3,(H,22,23). The molecule has 1 atom stereocenters. The number of nitrogens with zero attached hydrogens (tertiary/aromatic N) is 2. The lowest BCUT2D eigenvalue weighted by molar-refractivity contribution is -0.137. The molecule has 1 unspecified atom stereocenters. The van der Waals surface area contributed by atoms with Gasteiger partial charge in [0.15, 0.2) is 0 Å². The van der Waals surface area contributed by atoms with Crippen LogP contribution >= 0.6 is 0 Å².